The predicted octanol–water partition coefficient (Wildman–Crippen LogP) is 1.15. The zero-order valence-corrected chi connectivity index (χ0v) is 14.1. The van der Waals surface area contributed by atoms with E-state index in [1.54, 1.807) is 6.92 Å². The summed E-state index contributed by atoms with van der Waals surface area (Å²) in [7, 11) is 0. The number of carbonyl (C=O) groups excluding carboxylic acids is 1. The van der Waals surface area contributed by atoms with Gasteiger partial charge in [-0.2, -0.15) is 0 Å². The fourth-order valence-corrected chi connectivity index (χ4v) is 2.44. The van der Waals surface area contributed by atoms with Crippen LogP contribution in [0.15, 0.2) is 35.4 Å². The molecule has 1 aromatic carbocycles. The molecular weight excluding hydrogens is 362 g/mol. The molecule has 0 atom stereocenters. The number of carbonyl (C=O) groups is 1. The van der Waals surface area contributed by atoms with E-state index in [-0.39, 0.29) is 17.7 Å². The number of benzene rings is 1. The van der Waals surface area contributed by atoms with E-state index >= 15 is 0 Å². The van der Waals surface area contributed by atoms with E-state index in [1.807, 2.05) is 0 Å². The number of amides is 1. The summed E-state index contributed by atoms with van der Waals surface area (Å²) in [5.74, 6) is -3.23. The zero-order chi connectivity index (χ0) is 19.6. The van der Waals surface area contributed by atoms with E-state index in [2.05, 4.69) is 15.3 Å². The maximum Gasteiger partial charge on any atom is 0.301 e. The average Bonchev–Trinajstić information content (AvgIpc) is 2.64. The topological polar surface area (TPSA) is 106 Å². The maximum atomic E-state index is 13.8. The smallest absolute Gasteiger partial charge is 0.301 e. The monoisotopic (exact) mass is 376 g/mol. The number of nitrogens with one attached hydrogen (secondary N) is 1. The van der Waals surface area contributed by atoms with Gasteiger partial charge in [-0.1, -0.05) is 6.07 Å². The van der Waals surface area contributed by atoms with Crippen LogP contribution in [0.4, 0.5) is 8.78 Å². The van der Waals surface area contributed by atoms with Crippen LogP contribution in [0.3, 0.4) is 0 Å². The van der Waals surface area contributed by atoms with Crippen LogP contribution in [0.25, 0.3) is 11.2 Å². The fourth-order valence-electron chi connectivity index (χ4n) is 2.44. The third-order valence-corrected chi connectivity index (χ3v) is 3.69. The van der Waals surface area contributed by atoms with Gasteiger partial charge in [-0.15, -0.1) is 4.73 Å². The van der Waals surface area contributed by atoms with Gasteiger partial charge >= 0.3 is 5.56 Å². The quantitative estimate of drug-likeness (QED) is 0.692. The minimum absolute atomic E-state index is 0.174. The molecule has 0 aliphatic rings. The Bertz CT molecular complexity index is 1060. The molecule has 0 unspecified atom stereocenters. The molecule has 3 aromatic rings. The summed E-state index contributed by atoms with van der Waals surface area (Å²) in [6.07, 6.45) is 2.48. The average molecular weight is 376 g/mol. The molecule has 140 valence electrons. The summed E-state index contributed by atoms with van der Waals surface area (Å²) in [6.45, 7) is 1.19. The summed E-state index contributed by atoms with van der Waals surface area (Å²) in [6, 6.07) is 3.27. The molecule has 0 aliphatic carbocycles. The van der Waals surface area contributed by atoms with E-state index < -0.39 is 46.6 Å². The van der Waals surface area contributed by atoms with Crippen LogP contribution in [0.1, 0.15) is 22.8 Å². The Balaban J connectivity index is 2.14. The summed E-state index contributed by atoms with van der Waals surface area (Å²) < 4.78 is 28.2. The number of fused-ring (bicyclic) bond motifs is 1. The van der Waals surface area contributed by atoms with Gasteiger partial charge in [0.15, 0.2) is 16.8 Å². The molecule has 2 heterocycles. The summed E-state index contributed by atoms with van der Waals surface area (Å²) in [4.78, 5) is 37.9. The molecule has 0 saturated heterocycles. The first-order valence-corrected chi connectivity index (χ1v) is 7.88. The second kappa shape index (κ2) is 7.36. The molecule has 2 N–H and O–H groups in total. The Morgan fingerprint density at radius 2 is 1.93 bits per heavy atom. The molecule has 0 radical (unpaired) electrons. The van der Waals surface area contributed by atoms with Crippen molar-refractivity contribution < 1.29 is 23.5 Å². The van der Waals surface area contributed by atoms with Gasteiger partial charge in [-0.25, -0.2) is 18.7 Å². The molecule has 2 aromatic heterocycles. The van der Waals surface area contributed by atoms with Crippen LogP contribution in [0.2, 0.25) is 0 Å². The zero-order valence-electron chi connectivity index (χ0n) is 14.1. The van der Waals surface area contributed by atoms with Crippen LogP contribution >= 0.6 is 0 Å². The van der Waals surface area contributed by atoms with E-state index in [0.717, 1.165) is 12.1 Å². The second-order valence-corrected chi connectivity index (χ2v) is 5.38. The number of aromatic hydroxyl groups is 1. The number of nitrogens with zero attached hydrogens (tertiary/aromatic N) is 3. The molecule has 27 heavy (non-hydrogen) atoms. The van der Waals surface area contributed by atoms with E-state index in [4.69, 9.17) is 4.84 Å². The van der Waals surface area contributed by atoms with Crippen LogP contribution in [0.5, 0.6) is 5.75 Å². The highest BCUT2D eigenvalue weighted by atomic mass is 19.1. The number of rotatable bonds is 5. The summed E-state index contributed by atoms with van der Waals surface area (Å²) in [5, 5.41) is 12.7. The number of hydrogen-bond acceptors (Lipinski definition) is 6. The molecule has 8 nitrogen and oxygen atoms in total. The highest BCUT2D eigenvalue weighted by Crippen LogP contribution is 2.22. The molecular formula is C17H14F2N4O4. The van der Waals surface area contributed by atoms with E-state index in [9.17, 15) is 23.5 Å². The second-order valence-electron chi connectivity index (χ2n) is 5.38. The van der Waals surface area contributed by atoms with Gasteiger partial charge in [0.1, 0.15) is 18.2 Å². The van der Waals surface area contributed by atoms with Gasteiger partial charge in [-0.3, -0.25) is 9.59 Å². The van der Waals surface area contributed by atoms with Gasteiger partial charge in [-0.05, 0) is 19.1 Å². The Morgan fingerprint density at radius 3 is 2.59 bits per heavy atom. The van der Waals surface area contributed by atoms with Crippen molar-refractivity contribution in [2.24, 2.45) is 0 Å². The molecule has 0 spiro atoms. The lowest BCUT2D eigenvalue weighted by atomic mass is 10.2. The third kappa shape index (κ3) is 3.28. The van der Waals surface area contributed by atoms with Crippen LogP contribution in [-0.2, 0) is 6.61 Å². The molecule has 0 aliphatic heterocycles. The van der Waals surface area contributed by atoms with Gasteiger partial charge in [0, 0.05) is 18.9 Å². The van der Waals surface area contributed by atoms with Crippen LogP contribution in [-0.4, -0.2) is 32.3 Å². The van der Waals surface area contributed by atoms with Crippen molar-refractivity contribution in [3.63, 3.8) is 0 Å². The number of hydrogen-bond donors (Lipinski definition) is 2. The van der Waals surface area contributed by atoms with Gasteiger partial charge in [0.25, 0.3) is 5.91 Å². The van der Waals surface area contributed by atoms with Gasteiger partial charge in [0.2, 0.25) is 5.65 Å². The molecule has 0 saturated carbocycles. The molecule has 3 rings (SSSR count). The molecule has 0 fully saturated rings. The van der Waals surface area contributed by atoms with Crippen molar-refractivity contribution in [2.45, 2.75) is 13.5 Å². The minimum atomic E-state index is -1.04. The summed E-state index contributed by atoms with van der Waals surface area (Å²) >= 11 is 0. The van der Waals surface area contributed by atoms with E-state index in [0.29, 0.717) is 4.73 Å². The van der Waals surface area contributed by atoms with Crippen molar-refractivity contribution in [2.75, 3.05) is 6.54 Å². The highest BCUT2D eigenvalue weighted by molar-refractivity contribution is 6.00. The van der Waals surface area contributed by atoms with E-state index in [1.165, 1.54) is 18.5 Å². The predicted molar refractivity (Wildman–Crippen MR) is 90.1 cm³/mol. The van der Waals surface area contributed by atoms with Crippen molar-refractivity contribution in [3.8, 4) is 5.75 Å². The van der Waals surface area contributed by atoms with Gasteiger partial charge in [0.05, 0.1) is 5.56 Å². The lowest BCUT2D eigenvalue weighted by Gasteiger charge is -2.14. The van der Waals surface area contributed by atoms with Crippen molar-refractivity contribution in [3.05, 3.63) is 63.7 Å². The normalized spacial score (nSPS) is 10.8. The van der Waals surface area contributed by atoms with Crippen molar-refractivity contribution in [1.82, 2.24) is 20.0 Å². The highest BCUT2D eigenvalue weighted by Gasteiger charge is 2.24. The van der Waals surface area contributed by atoms with Gasteiger partial charge < -0.3 is 15.3 Å². The first kappa shape index (κ1) is 18.2. The third-order valence-electron chi connectivity index (χ3n) is 3.69. The lowest BCUT2D eigenvalue weighted by molar-refractivity contribution is 0.0872. The Kier molecular flexibility index (Phi) is 4.97. The molecule has 1 amide bonds. The van der Waals surface area contributed by atoms with Crippen molar-refractivity contribution in [1.29, 1.82) is 0 Å². The van der Waals surface area contributed by atoms with Crippen LogP contribution < -0.4 is 15.7 Å². The standard InChI is InChI=1S/C17H14F2N4O4/c1-2-20-16(25)12-14(24)13-15(22-7-6-21-13)23(17(12)26)27-8-9-10(18)4-3-5-11(9)19/h3-7,24H,2,8H2,1H3,(H,20,25). The number of halogens is 2. The first-order chi connectivity index (χ1) is 13.0. The molecule has 0 bridgehead atoms. The van der Waals surface area contributed by atoms with Crippen molar-refractivity contribution >= 4 is 17.1 Å². The Hall–Kier alpha value is -3.56. The lowest BCUT2D eigenvalue weighted by Crippen LogP contribution is -2.36. The summed E-state index contributed by atoms with van der Waals surface area (Å²) in [5.41, 5.74) is -2.44. The van der Waals surface area contributed by atoms with Crippen LogP contribution in [0, 0.1) is 11.6 Å². The maximum absolute atomic E-state index is 13.8. The Morgan fingerprint density at radius 1 is 1.26 bits per heavy atom. The largest absolute Gasteiger partial charge is 0.505 e. The minimum Gasteiger partial charge on any atom is -0.505 e. The number of aromatic nitrogens is 3. The Labute approximate surface area is 151 Å². The SMILES string of the molecule is CCNC(=O)c1c(O)c2nccnc2n(OCc2c(F)cccc2F)c1=O. The molecule has 10 heteroatoms. The number of pyridine rings is 1. The first-order valence-electron chi connectivity index (χ1n) is 7.88. The fraction of sp³-hybridized carbons (Fsp3) is 0.176.